The van der Waals surface area contributed by atoms with Crippen LogP contribution in [0.2, 0.25) is 0 Å². The van der Waals surface area contributed by atoms with E-state index < -0.39 is 0 Å². The Morgan fingerprint density at radius 2 is 2.00 bits per heavy atom. The van der Waals surface area contributed by atoms with Gasteiger partial charge in [-0.2, -0.15) is 0 Å². The summed E-state index contributed by atoms with van der Waals surface area (Å²) < 4.78 is 0. The van der Waals surface area contributed by atoms with E-state index in [1.807, 2.05) is 0 Å². The molecule has 0 bridgehead atoms. The highest BCUT2D eigenvalue weighted by Gasteiger charge is 2.12. The lowest BCUT2D eigenvalue weighted by Gasteiger charge is -2.17. The molecule has 0 amide bonds. The molecule has 0 N–H and O–H groups in total. The van der Waals surface area contributed by atoms with E-state index in [-0.39, 0.29) is 0 Å². The van der Waals surface area contributed by atoms with Gasteiger partial charge in [0.1, 0.15) is 0 Å². The lowest BCUT2D eigenvalue weighted by molar-refractivity contribution is 1.38. The molecular weight excluding hydrogens is 192 g/mol. The SMILES string of the molecule is C=C1CC=Cc2ccc3cccc(C)c3c21. The Balaban J connectivity index is 2.51. The summed E-state index contributed by atoms with van der Waals surface area (Å²) in [6.45, 7) is 6.37. The van der Waals surface area contributed by atoms with Gasteiger partial charge in [0.15, 0.2) is 0 Å². The zero-order valence-electron chi connectivity index (χ0n) is 9.46. The average molecular weight is 206 g/mol. The van der Waals surface area contributed by atoms with Crippen LogP contribution in [0.15, 0.2) is 43.0 Å². The van der Waals surface area contributed by atoms with Gasteiger partial charge < -0.3 is 0 Å². The normalized spacial score (nSPS) is 14.2. The monoisotopic (exact) mass is 206 g/mol. The molecular formula is C16H14. The van der Waals surface area contributed by atoms with E-state index in [0.717, 1.165) is 6.42 Å². The molecule has 2 aromatic carbocycles. The first kappa shape index (κ1) is 9.41. The molecule has 1 aliphatic carbocycles. The summed E-state index contributed by atoms with van der Waals surface area (Å²) in [7, 11) is 0. The Morgan fingerprint density at radius 3 is 2.88 bits per heavy atom. The van der Waals surface area contributed by atoms with Gasteiger partial charge in [0.25, 0.3) is 0 Å². The zero-order chi connectivity index (χ0) is 11.1. The number of benzene rings is 2. The predicted octanol–water partition coefficient (Wildman–Crippen LogP) is 4.58. The second-order valence-electron chi connectivity index (χ2n) is 4.41. The van der Waals surface area contributed by atoms with Crippen molar-refractivity contribution in [2.45, 2.75) is 13.3 Å². The van der Waals surface area contributed by atoms with Gasteiger partial charge in [-0.15, -0.1) is 0 Å². The topological polar surface area (TPSA) is 0 Å². The van der Waals surface area contributed by atoms with Gasteiger partial charge in [-0.25, -0.2) is 0 Å². The molecule has 16 heavy (non-hydrogen) atoms. The molecule has 0 unspecified atom stereocenters. The van der Waals surface area contributed by atoms with Crippen molar-refractivity contribution in [1.82, 2.24) is 0 Å². The van der Waals surface area contributed by atoms with Gasteiger partial charge in [0, 0.05) is 0 Å². The maximum Gasteiger partial charge on any atom is -0.00734 e. The fraction of sp³-hybridized carbons (Fsp3) is 0.125. The van der Waals surface area contributed by atoms with Crippen LogP contribution in [0.25, 0.3) is 22.4 Å². The number of aryl methyl sites for hydroxylation is 1. The Morgan fingerprint density at radius 1 is 1.12 bits per heavy atom. The largest absolute Gasteiger partial charge is 0.0949 e. The van der Waals surface area contributed by atoms with Crippen molar-refractivity contribution in [3.63, 3.8) is 0 Å². The van der Waals surface area contributed by atoms with Crippen LogP contribution in [0.1, 0.15) is 23.1 Å². The minimum Gasteiger partial charge on any atom is -0.0949 e. The van der Waals surface area contributed by atoms with Crippen LogP contribution >= 0.6 is 0 Å². The molecule has 0 radical (unpaired) electrons. The first-order chi connectivity index (χ1) is 7.77. The molecule has 0 atom stereocenters. The fourth-order valence-electron chi connectivity index (χ4n) is 2.53. The van der Waals surface area contributed by atoms with E-state index >= 15 is 0 Å². The first-order valence-electron chi connectivity index (χ1n) is 5.64. The van der Waals surface area contributed by atoms with Crippen molar-refractivity contribution < 1.29 is 0 Å². The Bertz CT molecular complexity index is 615. The number of rotatable bonds is 0. The van der Waals surface area contributed by atoms with E-state index in [0.29, 0.717) is 0 Å². The molecule has 0 heteroatoms. The molecule has 0 nitrogen and oxygen atoms in total. The molecule has 0 aliphatic heterocycles. The molecule has 0 fully saturated rings. The smallest absolute Gasteiger partial charge is 0.00734 e. The fourth-order valence-corrected chi connectivity index (χ4v) is 2.53. The maximum absolute atomic E-state index is 4.20. The summed E-state index contributed by atoms with van der Waals surface area (Å²) in [5.41, 5.74) is 5.22. The van der Waals surface area contributed by atoms with Gasteiger partial charge in [-0.05, 0) is 46.4 Å². The van der Waals surface area contributed by atoms with E-state index in [1.54, 1.807) is 0 Å². The van der Waals surface area contributed by atoms with Crippen LogP contribution in [-0.4, -0.2) is 0 Å². The Labute approximate surface area is 95.9 Å². The van der Waals surface area contributed by atoms with Crippen LogP contribution in [0, 0.1) is 6.92 Å². The molecule has 0 aromatic heterocycles. The molecule has 0 saturated carbocycles. The van der Waals surface area contributed by atoms with Crippen LogP contribution in [-0.2, 0) is 0 Å². The number of allylic oxidation sites excluding steroid dienone is 2. The molecule has 0 spiro atoms. The van der Waals surface area contributed by atoms with Crippen molar-refractivity contribution in [2.75, 3.05) is 0 Å². The highest BCUT2D eigenvalue weighted by atomic mass is 14.2. The first-order valence-corrected chi connectivity index (χ1v) is 5.64. The van der Waals surface area contributed by atoms with Crippen LogP contribution < -0.4 is 0 Å². The second-order valence-corrected chi connectivity index (χ2v) is 4.41. The maximum atomic E-state index is 4.20. The van der Waals surface area contributed by atoms with Crippen LogP contribution in [0.5, 0.6) is 0 Å². The summed E-state index contributed by atoms with van der Waals surface area (Å²) in [6, 6.07) is 10.9. The van der Waals surface area contributed by atoms with Crippen LogP contribution in [0.4, 0.5) is 0 Å². The van der Waals surface area contributed by atoms with Crippen molar-refractivity contribution in [3.05, 3.63) is 59.7 Å². The minimum absolute atomic E-state index is 0.973. The molecule has 2 aromatic rings. The number of hydrogen-bond donors (Lipinski definition) is 0. The Kier molecular flexibility index (Phi) is 1.97. The van der Waals surface area contributed by atoms with Gasteiger partial charge in [-0.1, -0.05) is 49.1 Å². The number of hydrogen-bond acceptors (Lipinski definition) is 0. The average Bonchev–Trinajstić information content (AvgIpc) is 2.29. The quantitative estimate of drug-likeness (QED) is 0.592. The zero-order valence-corrected chi connectivity index (χ0v) is 9.46. The number of fused-ring (bicyclic) bond motifs is 3. The van der Waals surface area contributed by atoms with Crippen LogP contribution in [0.3, 0.4) is 0 Å². The van der Waals surface area contributed by atoms with E-state index in [4.69, 9.17) is 0 Å². The molecule has 0 saturated heterocycles. The van der Waals surface area contributed by atoms with Gasteiger partial charge in [0.2, 0.25) is 0 Å². The van der Waals surface area contributed by atoms with E-state index in [1.165, 1.54) is 33.0 Å². The highest BCUT2D eigenvalue weighted by Crippen LogP contribution is 2.35. The molecule has 3 rings (SSSR count). The molecule has 78 valence electrons. The summed E-state index contributed by atoms with van der Waals surface area (Å²) in [5.74, 6) is 0. The van der Waals surface area contributed by atoms with Gasteiger partial charge >= 0.3 is 0 Å². The molecule has 0 heterocycles. The van der Waals surface area contributed by atoms with E-state index in [9.17, 15) is 0 Å². The lowest BCUT2D eigenvalue weighted by atomic mass is 9.87. The van der Waals surface area contributed by atoms with Crippen molar-refractivity contribution in [2.24, 2.45) is 0 Å². The summed E-state index contributed by atoms with van der Waals surface area (Å²) >= 11 is 0. The third kappa shape index (κ3) is 1.23. The standard InChI is InChI=1S/C16H14/c1-11-5-3-7-13-9-10-14-8-4-6-12(2)16(14)15(11)13/h3-4,6-10H,1,5H2,2H3. The van der Waals surface area contributed by atoms with Gasteiger partial charge in [-0.3, -0.25) is 0 Å². The predicted molar refractivity (Wildman–Crippen MR) is 71.4 cm³/mol. The van der Waals surface area contributed by atoms with E-state index in [2.05, 4.69) is 56.0 Å². The van der Waals surface area contributed by atoms with Crippen molar-refractivity contribution >= 4 is 22.4 Å². The third-order valence-corrected chi connectivity index (χ3v) is 3.30. The van der Waals surface area contributed by atoms with Gasteiger partial charge in [0.05, 0.1) is 0 Å². The third-order valence-electron chi connectivity index (χ3n) is 3.30. The second kappa shape index (κ2) is 3.34. The Hall–Kier alpha value is -1.82. The highest BCUT2D eigenvalue weighted by molar-refractivity contribution is 6.00. The minimum atomic E-state index is 0.973. The van der Waals surface area contributed by atoms with Crippen molar-refractivity contribution in [3.8, 4) is 0 Å². The summed E-state index contributed by atoms with van der Waals surface area (Å²) in [6.07, 6.45) is 5.37. The lowest BCUT2D eigenvalue weighted by Crippen LogP contribution is -1.95. The molecule has 1 aliphatic rings. The van der Waals surface area contributed by atoms with Crippen molar-refractivity contribution in [1.29, 1.82) is 0 Å². The summed E-state index contributed by atoms with van der Waals surface area (Å²) in [5, 5.41) is 2.68. The summed E-state index contributed by atoms with van der Waals surface area (Å²) in [4.78, 5) is 0.